The predicted octanol–water partition coefficient (Wildman–Crippen LogP) is 3.57. The van der Waals surface area contributed by atoms with Crippen molar-refractivity contribution in [1.82, 2.24) is 10.2 Å². The maximum atomic E-state index is 13.6. The van der Waals surface area contributed by atoms with Gasteiger partial charge in [-0.2, -0.15) is 0 Å². The summed E-state index contributed by atoms with van der Waals surface area (Å²) in [4.78, 5) is 2.22. The van der Waals surface area contributed by atoms with E-state index in [9.17, 15) is 4.39 Å². The van der Waals surface area contributed by atoms with Crippen LogP contribution in [0.2, 0.25) is 0 Å². The molecule has 0 aliphatic heterocycles. The molecule has 1 aromatic rings. The van der Waals surface area contributed by atoms with E-state index in [0.717, 1.165) is 12.1 Å². The molecule has 0 aromatic heterocycles. The molecule has 0 amide bonds. The van der Waals surface area contributed by atoms with E-state index >= 15 is 0 Å². The van der Waals surface area contributed by atoms with Gasteiger partial charge in [-0.3, -0.25) is 4.90 Å². The van der Waals surface area contributed by atoms with E-state index in [0.29, 0.717) is 18.6 Å². The summed E-state index contributed by atoms with van der Waals surface area (Å²) >= 11 is 0. The van der Waals surface area contributed by atoms with Gasteiger partial charge in [-0.25, -0.2) is 4.39 Å². The lowest BCUT2D eigenvalue weighted by Crippen LogP contribution is -2.42. The lowest BCUT2D eigenvalue weighted by molar-refractivity contribution is 0.227. The van der Waals surface area contributed by atoms with E-state index in [2.05, 4.69) is 24.2 Å². The van der Waals surface area contributed by atoms with E-state index in [1.54, 1.807) is 6.07 Å². The van der Waals surface area contributed by atoms with Crippen molar-refractivity contribution >= 4 is 0 Å². The van der Waals surface area contributed by atoms with E-state index in [4.69, 9.17) is 0 Å². The van der Waals surface area contributed by atoms with Crippen LogP contribution in [0.15, 0.2) is 24.3 Å². The lowest BCUT2D eigenvalue weighted by atomic mass is 9.95. The summed E-state index contributed by atoms with van der Waals surface area (Å²) in [6.45, 7) is 3.85. The van der Waals surface area contributed by atoms with Crippen molar-refractivity contribution in [3.63, 3.8) is 0 Å². The molecule has 0 saturated heterocycles. The third-order valence-electron chi connectivity index (χ3n) is 4.44. The minimum atomic E-state index is -0.105. The standard InChI is InChI=1S/C17H27FN2/c1-14(12-19-16-9-4-3-5-10-16)20(2)13-15-8-6-7-11-17(15)18/h6-8,11,14,16,19H,3-5,9-10,12-13H2,1-2H3. The van der Waals surface area contributed by atoms with Gasteiger partial charge in [0.25, 0.3) is 0 Å². The zero-order chi connectivity index (χ0) is 14.4. The van der Waals surface area contributed by atoms with Crippen LogP contribution in [-0.4, -0.2) is 30.6 Å². The van der Waals surface area contributed by atoms with Crippen LogP contribution in [-0.2, 0) is 6.54 Å². The normalized spacial score (nSPS) is 18.4. The Labute approximate surface area is 122 Å². The van der Waals surface area contributed by atoms with E-state index in [-0.39, 0.29) is 5.82 Å². The van der Waals surface area contributed by atoms with E-state index < -0.39 is 0 Å². The molecule has 20 heavy (non-hydrogen) atoms. The molecule has 1 N–H and O–H groups in total. The highest BCUT2D eigenvalue weighted by molar-refractivity contribution is 5.17. The van der Waals surface area contributed by atoms with Gasteiger partial charge in [-0.15, -0.1) is 0 Å². The Morgan fingerprint density at radius 2 is 1.95 bits per heavy atom. The molecule has 1 saturated carbocycles. The predicted molar refractivity (Wildman–Crippen MR) is 82.2 cm³/mol. The molecular formula is C17H27FN2. The first-order chi connectivity index (χ1) is 9.66. The Bertz CT molecular complexity index is 402. The summed E-state index contributed by atoms with van der Waals surface area (Å²) in [6.07, 6.45) is 6.72. The molecule has 0 heterocycles. The molecule has 0 spiro atoms. The SMILES string of the molecule is CC(CNC1CCCCC1)N(C)Cc1ccccc1F. The van der Waals surface area contributed by atoms with Gasteiger partial charge in [0.2, 0.25) is 0 Å². The quantitative estimate of drug-likeness (QED) is 0.856. The maximum Gasteiger partial charge on any atom is 0.127 e. The molecule has 1 aliphatic carbocycles. The zero-order valence-corrected chi connectivity index (χ0v) is 12.7. The van der Waals surface area contributed by atoms with Crippen LogP contribution in [0, 0.1) is 5.82 Å². The first kappa shape index (κ1) is 15.5. The topological polar surface area (TPSA) is 15.3 Å². The van der Waals surface area contributed by atoms with E-state index in [1.165, 1.54) is 38.2 Å². The van der Waals surface area contributed by atoms with Crippen molar-refractivity contribution in [1.29, 1.82) is 0 Å². The summed E-state index contributed by atoms with van der Waals surface area (Å²) in [7, 11) is 2.07. The summed E-state index contributed by atoms with van der Waals surface area (Å²) in [5.74, 6) is -0.105. The fraction of sp³-hybridized carbons (Fsp3) is 0.647. The van der Waals surface area contributed by atoms with Crippen molar-refractivity contribution in [3.05, 3.63) is 35.6 Å². The first-order valence-corrected chi connectivity index (χ1v) is 7.84. The average molecular weight is 278 g/mol. The van der Waals surface area contributed by atoms with Gasteiger partial charge in [0.1, 0.15) is 5.82 Å². The highest BCUT2D eigenvalue weighted by Crippen LogP contribution is 2.17. The van der Waals surface area contributed by atoms with Gasteiger partial charge in [0, 0.05) is 30.7 Å². The van der Waals surface area contributed by atoms with Gasteiger partial charge in [-0.1, -0.05) is 37.5 Å². The first-order valence-electron chi connectivity index (χ1n) is 7.84. The van der Waals surface area contributed by atoms with Crippen LogP contribution in [0.25, 0.3) is 0 Å². The smallest absolute Gasteiger partial charge is 0.127 e. The van der Waals surface area contributed by atoms with Gasteiger partial charge in [-0.05, 0) is 32.9 Å². The molecule has 1 atom stereocenters. The molecule has 3 heteroatoms. The summed E-state index contributed by atoms with van der Waals surface area (Å²) in [6, 6.07) is 8.15. The fourth-order valence-corrected chi connectivity index (χ4v) is 2.85. The lowest BCUT2D eigenvalue weighted by Gasteiger charge is -2.29. The van der Waals surface area contributed by atoms with Gasteiger partial charge >= 0.3 is 0 Å². The third-order valence-corrected chi connectivity index (χ3v) is 4.44. The number of hydrogen-bond donors (Lipinski definition) is 1. The second-order valence-corrected chi connectivity index (χ2v) is 6.10. The molecule has 2 rings (SSSR count). The monoisotopic (exact) mass is 278 g/mol. The molecule has 0 radical (unpaired) electrons. The maximum absolute atomic E-state index is 13.6. The highest BCUT2D eigenvalue weighted by atomic mass is 19.1. The summed E-state index contributed by atoms with van der Waals surface area (Å²) < 4.78 is 13.6. The van der Waals surface area contributed by atoms with Crippen molar-refractivity contribution < 1.29 is 4.39 Å². The van der Waals surface area contributed by atoms with Crippen LogP contribution in [0.4, 0.5) is 4.39 Å². The van der Waals surface area contributed by atoms with Crippen molar-refractivity contribution in [3.8, 4) is 0 Å². The summed E-state index contributed by atoms with van der Waals surface area (Å²) in [5.41, 5.74) is 0.777. The molecule has 1 unspecified atom stereocenters. The number of nitrogens with one attached hydrogen (secondary N) is 1. The minimum absolute atomic E-state index is 0.105. The molecule has 1 aliphatic rings. The van der Waals surface area contributed by atoms with Crippen molar-refractivity contribution in [2.45, 2.75) is 57.7 Å². The molecule has 1 aromatic carbocycles. The number of rotatable bonds is 6. The Morgan fingerprint density at radius 3 is 2.65 bits per heavy atom. The van der Waals surface area contributed by atoms with Crippen LogP contribution < -0.4 is 5.32 Å². The number of halogens is 1. The van der Waals surface area contributed by atoms with Gasteiger partial charge < -0.3 is 5.32 Å². The zero-order valence-electron chi connectivity index (χ0n) is 12.7. The van der Waals surface area contributed by atoms with E-state index in [1.807, 2.05) is 12.1 Å². The van der Waals surface area contributed by atoms with Crippen LogP contribution in [0.3, 0.4) is 0 Å². The second-order valence-electron chi connectivity index (χ2n) is 6.10. The minimum Gasteiger partial charge on any atom is -0.312 e. The molecule has 1 fully saturated rings. The Hall–Kier alpha value is -0.930. The van der Waals surface area contributed by atoms with Crippen molar-refractivity contribution in [2.75, 3.05) is 13.6 Å². The van der Waals surface area contributed by atoms with Crippen molar-refractivity contribution in [2.24, 2.45) is 0 Å². The van der Waals surface area contributed by atoms with Gasteiger partial charge in [0.15, 0.2) is 0 Å². The largest absolute Gasteiger partial charge is 0.312 e. The van der Waals surface area contributed by atoms with Gasteiger partial charge in [0.05, 0.1) is 0 Å². The Kier molecular flexibility index (Phi) is 5.99. The van der Waals surface area contributed by atoms with Crippen LogP contribution in [0.1, 0.15) is 44.6 Å². The molecule has 112 valence electrons. The fourth-order valence-electron chi connectivity index (χ4n) is 2.85. The van der Waals surface area contributed by atoms with Crippen LogP contribution in [0.5, 0.6) is 0 Å². The van der Waals surface area contributed by atoms with Crippen LogP contribution >= 0.6 is 0 Å². The third kappa shape index (κ3) is 4.57. The Morgan fingerprint density at radius 1 is 1.25 bits per heavy atom. The number of nitrogens with zero attached hydrogens (tertiary/aromatic N) is 1. The summed E-state index contributed by atoms with van der Waals surface area (Å²) in [5, 5.41) is 3.67. The number of benzene rings is 1. The number of hydrogen-bond acceptors (Lipinski definition) is 2. The Balaban J connectivity index is 1.76. The average Bonchev–Trinajstić information content (AvgIpc) is 2.48. The highest BCUT2D eigenvalue weighted by Gasteiger charge is 2.16. The molecule has 0 bridgehead atoms. The molecular weight excluding hydrogens is 251 g/mol. The second kappa shape index (κ2) is 7.75. The number of likely N-dealkylation sites (N-methyl/N-ethyl adjacent to an activating group) is 1. The molecule has 2 nitrogen and oxygen atoms in total.